The van der Waals surface area contributed by atoms with E-state index in [-0.39, 0.29) is 0 Å². The Morgan fingerprint density at radius 1 is 0.792 bits per heavy atom. The number of rotatable bonds is 4. The van der Waals surface area contributed by atoms with Gasteiger partial charge in [0.15, 0.2) is 0 Å². The molecule has 0 saturated heterocycles. The van der Waals surface area contributed by atoms with Crippen LogP contribution < -0.4 is 11.5 Å². The molecular weight excluding hydrogens is 300 g/mol. The summed E-state index contributed by atoms with van der Waals surface area (Å²) >= 11 is 0. The van der Waals surface area contributed by atoms with E-state index in [4.69, 9.17) is 11.5 Å². The number of aromatic nitrogens is 4. The van der Waals surface area contributed by atoms with Crippen molar-refractivity contribution in [1.82, 2.24) is 19.9 Å². The summed E-state index contributed by atoms with van der Waals surface area (Å²) in [6.45, 7) is 0.820. The monoisotopic (exact) mass is 318 g/mol. The highest BCUT2D eigenvalue weighted by atomic mass is 14.9. The molecule has 120 valence electrons. The van der Waals surface area contributed by atoms with Crippen molar-refractivity contribution >= 4 is 11.0 Å². The zero-order chi connectivity index (χ0) is 16.5. The van der Waals surface area contributed by atoms with Crippen molar-refractivity contribution < 1.29 is 0 Å². The van der Waals surface area contributed by atoms with E-state index in [9.17, 15) is 0 Å². The number of H-pyrrole nitrogens is 2. The molecule has 0 atom stereocenters. The lowest BCUT2D eigenvalue weighted by molar-refractivity contribution is 0.950. The fourth-order valence-corrected chi connectivity index (χ4v) is 2.79. The molecular formula is C18H18N6. The summed E-state index contributed by atoms with van der Waals surface area (Å²) in [7, 11) is 0. The maximum Gasteiger partial charge on any atom is 0.121 e. The van der Waals surface area contributed by atoms with Crippen molar-refractivity contribution in [2.75, 3.05) is 0 Å². The third-order valence-corrected chi connectivity index (χ3v) is 4.08. The van der Waals surface area contributed by atoms with Gasteiger partial charge in [-0.15, -0.1) is 0 Å². The van der Waals surface area contributed by atoms with Crippen LogP contribution in [0.2, 0.25) is 0 Å². The van der Waals surface area contributed by atoms with Crippen LogP contribution in [0.5, 0.6) is 0 Å². The summed E-state index contributed by atoms with van der Waals surface area (Å²) in [4.78, 5) is 15.1. The van der Waals surface area contributed by atoms with Gasteiger partial charge in [0.25, 0.3) is 0 Å². The second-order valence-electron chi connectivity index (χ2n) is 5.64. The summed E-state index contributed by atoms with van der Waals surface area (Å²) in [6, 6.07) is 14.5. The van der Waals surface area contributed by atoms with Crippen LogP contribution in [0.4, 0.5) is 0 Å². The summed E-state index contributed by atoms with van der Waals surface area (Å²) in [5.41, 5.74) is 17.5. The lowest BCUT2D eigenvalue weighted by Gasteiger charge is -2.04. The van der Waals surface area contributed by atoms with Crippen molar-refractivity contribution in [3.05, 3.63) is 60.3 Å². The normalized spacial score (nSPS) is 11.2. The van der Waals surface area contributed by atoms with Crippen LogP contribution in [-0.2, 0) is 13.1 Å². The van der Waals surface area contributed by atoms with Crippen molar-refractivity contribution in [1.29, 1.82) is 0 Å². The topological polar surface area (TPSA) is 109 Å². The van der Waals surface area contributed by atoms with Gasteiger partial charge in [-0.2, -0.15) is 0 Å². The predicted octanol–water partition coefficient (Wildman–Crippen LogP) is 2.54. The molecule has 6 N–H and O–H groups in total. The lowest BCUT2D eigenvalue weighted by atomic mass is 10.0. The quantitative estimate of drug-likeness (QED) is 0.463. The van der Waals surface area contributed by atoms with E-state index in [0.29, 0.717) is 13.1 Å². The van der Waals surface area contributed by atoms with E-state index in [0.717, 1.165) is 45.1 Å². The predicted molar refractivity (Wildman–Crippen MR) is 94.9 cm³/mol. The standard InChI is InChI=1S/C18H18N6/c19-8-17-21-10-16(24-17)12-3-1-11(2-4-12)13-5-6-14-15(7-13)23-18(9-20)22-14/h1-7,10H,8-9,19-20H2,(H,21,24)(H,22,23). The molecule has 0 unspecified atom stereocenters. The van der Waals surface area contributed by atoms with Crippen LogP contribution in [0.25, 0.3) is 33.4 Å². The van der Waals surface area contributed by atoms with Crippen LogP contribution in [-0.4, -0.2) is 19.9 Å². The summed E-state index contributed by atoms with van der Waals surface area (Å²) < 4.78 is 0. The molecule has 4 rings (SSSR count). The molecule has 4 aromatic rings. The molecule has 0 bridgehead atoms. The number of nitrogens with one attached hydrogen (secondary N) is 2. The van der Waals surface area contributed by atoms with Gasteiger partial charge in [0.1, 0.15) is 11.6 Å². The SMILES string of the molecule is NCc1ncc(-c2ccc(-c3ccc4nc(CN)[nH]c4c3)cc2)[nH]1. The first-order valence-corrected chi connectivity index (χ1v) is 7.80. The van der Waals surface area contributed by atoms with Crippen molar-refractivity contribution in [3.8, 4) is 22.4 Å². The van der Waals surface area contributed by atoms with Crippen molar-refractivity contribution in [2.24, 2.45) is 11.5 Å². The first-order chi connectivity index (χ1) is 11.8. The van der Waals surface area contributed by atoms with E-state index in [1.165, 1.54) is 0 Å². The van der Waals surface area contributed by atoms with Gasteiger partial charge >= 0.3 is 0 Å². The summed E-state index contributed by atoms with van der Waals surface area (Å²) in [6.07, 6.45) is 1.81. The van der Waals surface area contributed by atoms with Crippen LogP contribution in [0.15, 0.2) is 48.7 Å². The minimum absolute atomic E-state index is 0.410. The van der Waals surface area contributed by atoms with Gasteiger partial charge < -0.3 is 21.4 Å². The molecule has 0 aliphatic carbocycles. The van der Waals surface area contributed by atoms with Gasteiger partial charge in [0.05, 0.1) is 36.0 Å². The molecule has 6 nitrogen and oxygen atoms in total. The van der Waals surface area contributed by atoms with E-state index < -0.39 is 0 Å². The number of imidazole rings is 2. The van der Waals surface area contributed by atoms with Crippen LogP contribution in [0, 0.1) is 0 Å². The van der Waals surface area contributed by atoms with Crippen molar-refractivity contribution in [2.45, 2.75) is 13.1 Å². The summed E-state index contributed by atoms with van der Waals surface area (Å²) in [5.74, 6) is 1.59. The van der Waals surface area contributed by atoms with E-state index in [1.807, 2.05) is 12.3 Å². The number of hydrogen-bond donors (Lipinski definition) is 4. The van der Waals surface area contributed by atoms with Gasteiger partial charge in [0.2, 0.25) is 0 Å². The van der Waals surface area contributed by atoms with Crippen LogP contribution in [0.1, 0.15) is 11.6 Å². The Morgan fingerprint density at radius 2 is 1.50 bits per heavy atom. The number of benzene rings is 2. The molecule has 6 heteroatoms. The molecule has 0 aliphatic heterocycles. The Hall–Kier alpha value is -2.96. The maximum absolute atomic E-state index is 5.64. The average molecular weight is 318 g/mol. The zero-order valence-corrected chi connectivity index (χ0v) is 13.1. The first kappa shape index (κ1) is 14.6. The third-order valence-electron chi connectivity index (χ3n) is 4.08. The molecule has 24 heavy (non-hydrogen) atoms. The highest BCUT2D eigenvalue weighted by Gasteiger charge is 2.06. The van der Waals surface area contributed by atoms with Crippen LogP contribution >= 0.6 is 0 Å². The molecule has 0 spiro atoms. The van der Waals surface area contributed by atoms with Gasteiger partial charge in [0, 0.05) is 0 Å². The molecule has 2 aromatic carbocycles. The lowest BCUT2D eigenvalue weighted by Crippen LogP contribution is -1.97. The number of nitrogens with two attached hydrogens (primary N) is 2. The van der Waals surface area contributed by atoms with Gasteiger partial charge in [-0.1, -0.05) is 30.3 Å². The number of fused-ring (bicyclic) bond motifs is 1. The Labute approximate surface area is 138 Å². The van der Waals surface area contributed by atoms with E-state index in [2.05, 4.69) is 56.3 Å². The van der Waals surface area contributed by atoms with Gasteiger partial charge in [-0.05, 0) is 28.8 Å². The number of nitrogens with zero attached hydrogens (tertiary/aromatic N) is 2. The largest absolute Gasteiger partial charge is 0.341 e. The molecule has 0 radical (unpaired) electrons. The second kappa shape index (κ2) is 5.92. The minimum Gasteiger partial charge on any atom is -0.341 e. The van der Waals surface area contributed by atoms with Gasteiger partial charge in [-0.3, -0.25) is 0 Å². The van der Waals surface area contributed by atoms with E-state index >= 15 is 0 Å². The van der Waals surface area contributed by atoms with E-state index in [1.54, 1.807) is 0 Å². The Kier molecular flexibility index (Phi) is 3.60. The minimum atomic E-state index is 0.410. The molecule has 0 fully saturated rings. The Bertz CT molecular complexity index is 980. The first-order valence-electron chi connectivity index (χ1n) is 7.80. The van der Waals surface area contributed by atoms with Crippen LogP contribution in [0.3, 0.4) is 0 Å². The molecule has 0 aliphatic rings. The highest BCUT2D eigenvalue weighted by Crippen LogP contribution is 2.26. The van der Waals surface area contributed by atoms with Crippen molar-refractivity contribution in [3.63, 3.8) is 0 Å². The number of aromatic amines is 2. The molecule has 2 heterocycles. The fourth-order valence-electron chi connectivity index (χ4n) is 2.79. The average Bonchev–Trinajstić information content (AvgIpc) is 3.27. The highest BCUT2D eigenvalue weighted by molar-refractivity contribution is 5.82. The molecule has 0 amide bonds. The maximum atomic E-state index is 5.64. The molecule has 2 aromatic heterocycles. The Balaban J connectivity index is 1.66. The second-order valence-corrected chi connectivity index (χ2v) is 5.64. The molecule has 0 saturated carbocycles. The smallest absolute Gasteiger partial charge is 0.121 e. The Morgan fingerprint density at radius 3 is 2.21 bits per heavy atom. The summed E-state index contributed by atoms with van der Waals surface area (Å²) in [5, 5.41) is 0. The zero-order valence-electron chi connectivity index (χ0n) is 13.1. The fraction of sp³-hybridized carbons (Fsp3) is 0.111. The number of hydrogen-bond acceptors (Lipinski definition) is 4. The van der Waals surface area contributed by atoms with Gasteiger partial charge in [-0.25, -0.2) is 9.97 Å². The third kappa shape index (κ3) is 2.58.